The van der Waals surface area contributed by atoms with E-state index in [-0.39, 0.29) is 17.9 Å². The normalized spacial score (nSPS) is 11.1. The number of thioether (sulfide) groups is 1. The van der Waals surface area contributed by atoms with E-state index >= 15 is 0 Å². The van der Waals surface area contributed by atoms with Crippen molar-refractivity contribution in [3.8, 4) is 6.07 Å². The van der Waals surface area contributed by atoms with Crippen molar-refractivity contribution >= 4 is 55.5 Å². The lowest BCUT2D eigenvalue weighted by Crippen LogP contribution is -2.24. The first-order chi connectivity index (χ1) is 14.0. The molecule has 29 heavy (non-hydrogen) atoms. The number of nitriles is 1. The van der Waals surface area contributed by atoms with Crippen LogP contribution < -0.4 is 10.0 Å². The monoisotopic (exact) mass is 465 g/mol. The molecule has 2 N–H and O–H groups in total. The Balaban J connectivity index is 1.57. The van der Waals surface area contributed by atoms with Gasteiger partial charge in [-0.3, -0.25) is 10.1 Å². The Hall–Kier alpha value is -2.30. The fourth-order valence-electron chi connectivity index (χ4n) is 2.13. The SMILES string of the molecule is N#CCCNS(=O)(=O)c1ccc(C(=O)Nc2nnc(SCc3cccs3)s2)cc1. The second-order valence-corrected chi connectivity index (χ2v) is 10.5. The first-order valence-electron chi connectivity index (χ1n) is 8.24. The smallest absolute Gasteiger partial charge is 0.257 e. The van der Waals surface area contributed by atoms with Crippen LogP contribution in [0.15, 0.2) is 51.0 Å². The van der Waals surface area contributed by atoms with Crippen LogP contribution >= 0.6 is 34.4 Å². The Labute approximate surface area is 180 Å². The molecule has 0 saturated heterocycles. The highest BCUT2D eigenvalue weighted by atomic mass is 32.2. The largest absolute Gasteiger partial charge is 0.296 e. The van der Waals surface area contributed by atoms with Gasteiger partial charge < -0.3 is 0 Å². The number of sulfonamides is 1. The molecular weight excluding hydrogens is 450 g/mol. The number of nitrogens with zero attached hydrogens (tertiary/aromatic N) is 3. The van der Waals surface area contributed by atoms with Gasteiger partial charge in [-0.25, -0.2) is 13.1 Å². The molecular formula is C17H15N5O3S4. The van der Waals surface area contributed by atoms with Gasteiger partial charge in [0, 0.05) is 29.2 Å². The van der Waals surface area contributed by atoms with Gasteiger partial charge in [0.15, 0.2) is 4.34 Å². The lowest BCUT2D eigenvalue weighted by molar-refractivity contribution is 0.102. The van der Waals surface area contributed by atoms with E-state index in [1.165, 1.54) is 40.5 Å². The second-order valence-electron chi connectivity index (χ2n) is 5.53. The standard InChI is InChI=1S/C17H15N5O3S4/c18-8-2-9-19-29(24,25)14-6-4-12(5-7-14)15(23)20-16-21-22-17(28-16)27-11-13-3-1-10-26-13/h1,3-7,10,19H,2,9,11H2,(H,20,21,23). The summed E-state index contributed by atoms with van der Waals surface area (Å²) in [7, 11) is -3.71. The maximum Gasteiger partial charge on any atom is 0.257 e. The zero-order valence-electron chi connectivity index (χ0n) is 14.9. The second kappa shape index (κ2) is 9.95. The highest BCUT2D eigenvalue weighted by molar-refractivity contribution is 8.00. The van der Waals surface area contributed by atoms with Gasteiger partial charge in [-0.05, 0) is 35.7 Å². The first kappa shape index (κ1) is 21.4. The van der Waals surface area contributed by atoms with Crippen molar-refractivity contribution in [2.45, 2.75) is 21.4 Å². The third-order valence-electron chi connectivity index (χ3n) is 3.50. The van der Waals surface area contributed by atoms with E-state index in [4.69, 9.17) is 5.26 Å². The summed E-state index contributed by atoms with van der Waals surface area (Å²) >= 11 is 4.49. The lowest BCUT2D eigenvalue weighted by Gasteiger charge is -2.06. The zero-order chi connectivity index (χ0) is 20.7. The molecule has 2 aromatic heterocycles. The average Bonchev–Trinajstić information content (AvgIpc) is 3.38. The average molecular weight is 466 g/mol. The van der Waals surface area contributed by atoms with Gasteiger partial charge in [0.1, 0.15) is 0 Å². The lowest BCUT2D eigenvalue weighted by atomic mass is 10.2. The molecule has 1 aromatic carbocycles. The van der Waals surface area contributed by atoms with Gasteiger partial charge >= 0.3 is 0 Å². The number of thiophene rings is 1. The number of hydrogen-bond donors (Lipinski definition) is 2. The van der Waals surface area contributed by atoms with Crippen LogP contribution in [0.4, 0.5) is 5.13 Å². The highest BCUT2D eigenvalue weighted by Crippen LogP contribution is 2.29. The minimum atomic E-state index is -3.71. The first-order valence-corrected chi connectivity index (χ1v) is 12.4. The molecule has 0 bridgehead atoms. The van der Waals surface area contributed by atoms with E-state index in [1.54, 1.807) is 23.1 Å². The van der Waals surface area contributed by atoms with Gasteiger partial charge in [0.2, 0.25) is 15.2 Å². The van der Waals surface area contributed by atoms with Crippen LogP contribution in [-0.4, -0.2) is 31.1 Å². The summed E-state index contributed by atoms with van der Waals surface area (Å²) in [4.78, 5) is 13.6. The van der Waals surface area contributed by atoms with E-state index in [0.29, 0.717) is 10.7 Å². The van der Waals surface area contributed by atoms with Crippen molar-refractivity contribution in [2.75, 3.05) is 11.9 Å². The van der Waals surface area contributed by atoms with Gasteiger partial charge in [0.05, 0.1) is 11.0 Å². The number of hydrogen-bond acceptors (Lipinski definition) is 9. The van der Waals surface area contributed by atoms with Crippen molar-refractivity contribution < 1.29 is 13.2 Å². The van der Waals surface area contributed by atoms with Crippen LogP contribution in [0, 0.1) is 11.3 Å². The number of carbonyl (C=O) groups is 1. The molecule has 0 unspecified atom stereocenters. The van der Waals surface area contributed by atoms with Crippen molar-refractivity contribution in [2.24, 2.45) is 0 Å². The topological polar surface area (TPSA) is 125 Å². The Kier molecular flexibility index (Phi) is 7.34. The van der Waals surface area contributed by atoms with Crippen molar-refractivity contribution in [1.82, 2.24) is 14.9 Å². The third kappa shape index (κ3) is 6.09. The Bertz CT molecular complexity index is 1100. The minimum Gasteiger partial charge on any atom is -0.296 e. The molecule has 0 atom stereocenters. The quantitative estimate of drug-likeness (QED) is 0.282. The third-order valence-corrected chi connectivity index (χ3v) is 8.06. The number of anilines is 1. The molecule has 1 amide bonds. The van der Waals surface area contributed by atoms with Crippen molar-refractivity contribution in [3.63, 3.8) is 0 Å². The molecule has 0 aliphatic rings. The molecule has 3 aromatic rings. The number of rotatable bonds is 9. The molecule has 8 nitrogen and oxygen atoms in total. The molecule has 0 fully saturated rings. The predicted molar refractivity (Wildman–Crippen MR) is 114 cm³/mol. The van der Waals surface area contributed by atoms with Crippen molar-refractivity contribution in [1.29, 1.82) is 5.26 Å². The Morgan fingerprint density at radius 3 is 2.69 bits per heavy atom. The molecule has 0 spiro atoms. The molecule has 0 aliphatic heterocycles. The van der Waals surface area contributed by atoms with E-state index in [1.807, 2.05) is 23.6 Å². The van der Waals surface area contributed by atoms with Crippen LogP contribution in [0.1, 0.15) is 21.7 Å². The zero-order valence-corrected chi connectivity index (χ0v) is 18.1. The molecule has 150 valence electrons. The summed E-state index contributed by atoms with van der Waals surface area (Å²) in [6, 6.07) is 11.4. The van der Waals surface area contributed by atoms with Gasteiger partial charge in [0.25, 0.3) is 5.91 Å². The van der Waals surface area contributed by atoms with E-state index in [9.17, 15) is 13.2 Å². The predicted octanol–water partition coefficient (Wildman–Crippen LogP) is 3.34. The number of benzene rings is 1. The molecule has 2 heterocycles. The summed E-state index contributed by atoms with van der Waals surface area (Å²) in [6.07, 6.45) is 0.0785. The molecule has 12 heteroatoms. The Morgan fingerprint density at radius 2 is 2.00 bits per heavy atom. The van der Waals surface area contributed by atoms with Crippen molar-refractivity contribution in [3.05, 3.63) is 52.2 Å². The molecule has 0 radical (unpaired) electrons. The van der Waals surface area contributed by atoms with Gasteiger partial charge in [-0.1, -0.05) is 29.2 Å². The number of amides is 1. The number of nitrogens with one attached hydrogen (secondary N) is 2. The molecule has 3 rings (SSSR count). The van der Waals surface area contributed by atoms with Gasteiger partial charge in [-0.2, -0.15) is 5.26 Å². The summed E-state index contributed by atoms with van der Waals surface area (Å²) in [5.74, 6) is 0.385. The fraction of sp³-hybridized carbons (Fsp3) is 0.176. The molecule has 0 aliphatic carbocycles. The summed E-state index contributed by atoms with van der Waals surface area (Å²) in [6.45, 7) is 0.0327. The summed E-state index contributed by atoms with van der Waals surface area (Å²) in [5, 5.41) is 21.6. The van der Waals surface area contributed by atoms with E-state index in [2.05, 4.69) is 20.2 Å². The van der Waals surface area contributed by atoms with Gasteiger partial charge in [-0.15, -0.1) is 21.5 Å². The van der Waals surface area contributed by atoms with Crippen LogP contribution in [0.2, 0.25) is 0 Å². The van der Waals surface area contributed by atoms with Crippen LogP contribution in [0.25, 0.3) is 0 Å². The number of carbonyl (C=O) groups excluding carboxylic acids is 1. The number of aromatic nitrogens is 2. The maximum absolute atomic E-state index is 12.4. The minimum absolute atomic E-state index is 0.0233. The highest BCUT2D eigenvalue weighted by Gasteiger charge is 2.15. The van der Waals surface area contributed by atoms with Crippen LogP contribution in [0.5, 0.6) is 0 Å². The van der Waals surface area contributed by atoms with Crippen LogP contribution in [-0.2, 0) is 15.8 Å². The Morgan fingerprint density at radius 1 is 1.21 bits per heavy atom. The van der Waals surface area contributed by atoms with E-state index in [0.717, 1.165) is 10.1 Å². The summed E-state index contributed by atoms with van der Waals surface area (Å²) < 4.78 is 27.2. The van der Waals surface area contributed by atoms with Crippen LogP contribution in [0.3, 0.4) is 0 Å². The fourth-order valence-corrected chi connectivity index (χ4v) is 5.68. The molecule has 0 saturated carbocycles. The maximum atomic E-state index is 12.4. The van der Waals surface area contributed by atoms with E-state index < -0.39 is 15.9 Å². The summed E-state index contributed by atoms with van der Waals surface area (Å²) in [5.41, 5.74) is 0.295.